The van der Waals surface area contributed by atoms with E-state index in [2.05, 4.69) is 16.9 Å². The van der Waals surface area contributed by atoms with Gasteiger partial charge in [0.05, 0.1) is 11.3 Å². The summed E-state index contributed by atoms with van der Waals surface area (Å²) in [5, 5.41) is 10.6. The number of nitrogen functional groups attached to an aromatic ring is 1. The molecule has 0 radical (unpaired) electrons. The zero-order valence-electron chi connectivity index (χ0n) is 20.5. The SMILES string of the molecule is C=C(C(=O)C1CCCC1)c1cc(C(=O)N2Cc3ccc(OCCN(C)C)cc3C2)c(O)cc1NN. The van der Waals surface area contributed by atoms with Gasteiger partial charge in [-0.1, -0.05) is 25.5 Å². The maximum absolute atomic E-state index is 13.4. The number of nitrogens with two attached hydrogens (primary N) is 1. The first-order valence-electron chi connectivity index (χ1n) is 12.0. The molecule has 8 heteroatoms. The molecule has 0 saturated heterocycles. The highest BCUT2D eigenvalue weighted by Gasteiger charge is 2.30. The van der Waals surface area contributed by atoms with Crippen molar-refractivity contribution in [2.75, 3.05) is 32.7 Å². The Hall–Kier alpha value is -3.36. The second-order valence-electron chi connectivity index (χ2n) is 9.63. The predicted octanol–water partition coefficient (Wildman–Crippen LogP) is 3.55. The first kappa shape index (κ1) is 24.8. The van der Waals surface area contributed by atoms with E-state index in [-0.39, 0.29) is 28.9 Å². The number of carbonyl (C=O) groups excluding carboxylic acids is 2. The number of hydrogen-bond donors (Lipinski definition) is 3. The molecule has 1 heterocycles. The zero-order valence-corrected chi connectivity index (χ0v) is 20.5. The number of ether oxygens (including phenoxy) is 1. The Morgan fingerprint density at radius 3 is 2.54 bits per heavy atom. The van der Waals surface area contributed by atoms with Crippen LogP contribution in [0.25, 0.3) is 5.57 Å². The summed E-state index contributed by atoms with van der Waals surface area (Å²) in [6, 6.07) is 8.77. The monoisotopic (exact) mass is 478 g/mol. The summed E-state index contributed by atoms with van der Waals surface area (Å²) in [6.45, 7) is 6.24. The van der Waals surface area contributed by atoms with Gasteiger partial charge in [0.2, 0.25) is 0 Å². The Morgan fingerprint density at radius 2 is 1.86 bits per heavy atom. The zero-order chi connectivity index (χ0) is 25.1. The van der Waals surface area contributed by atoms with E-state index in [0.717, 1.165) is 49.1 Å². The minimum absolute atomic E-state index is 0.0292. The third kappa shape index (κ3) is 5.33. The van der Waals surface area contributed by atoms with Crippen molar-refractivity contribution in [3.63, 3.8) is 0 Å². The number of nitrogens with one attached hydrogen (secondary N) is 1. The molecule has 1 fully saturated rings. The second kappa shape index (κ2) is 10.5. The Balaban J connectivity index is 1.53. The van der Waals surface area contributed by atoms with Gasteiger partial charge in [-0.25, -0.2) is 0 Å². The summed E-state index contributed by atoms with van der Waals surface area (Å²) in [6.07, 6.45) is 3.76. The molecular weight excluding hydrogens is 444 g/mol. The molecule has 0 aromatic heterocycles. The lowest BCUT2D eigenvalue weighted by Crippen LogP contribution is -2.26. The number of rotatable bonds is 9. The van der Waals surface area contributed by atoms with Crippen molar-refractivity contribution < 1.29 is 19.4 Å². The number of aromatic hydroxyl groups is 1. The number of fused-ring (bicyclic) bond motifs is 1. The number of carbonyl (C=O) groups is 2. The highest BCUT2D eigenvalue weighted by molar-refractivity contribution is 6.22. The van der Waals surface area contributed by atoms with Gasteiger partial charge in [0.15, 0.2) is 5.78 Å². The summed E-state index contributed by atoms with van der Waals surface area (Å²) in [5.41, 5.74) is 5.82. The number of hydrogen-bond acceptors (Lipinski definition) is 7. The van der Waals surface area contributed by atoms with Gasteiger partial charge in [-0.3, -0.25) is 15.4 Å². The molecule has 186 valence electrons. The number of nitrogens with zero attached hydrogens (tertiary/aromatic N) is 2. The summed E-state index contributed by atoms with van der Waals surface area (Å²) < 4.78 is 5.83. The average Bonchev–Trinajstić information content (AvgIpc) is 3.52. The molecule has 4 rings (SSSR count). The van der Waals surface area contributed by atoms with E-state index >= 15 is 0 Å². The van der Waals surface area contributed by atoms with E-state index in [0.29, 0.717) is 36.5 Å². The summed E-state index contributed by atoms with van der Waals surface area (Å²) in [7, 11) is 3.99. The van der Waals surface area contributed by atoms with Gasteiger partial charge < -0.3 is 25.1 Å². The molecule has 2 aliphatic rings. The lowest BCUT2D eigenvalue weighted by Gasteiger charge is -2.20. The minimum atomic E-state index is -0.320. The van der Waals surface area contributed by atoms with Crippen LogP contribution in [0, 0.1) is 5.92 Å². The summed E-state index contributed by atoms with van der Waals surface area (Å²) >= 11 is 0. The molecule has 0 unspecified atom stereocenters. The molecule has 1 amide bonds. The molecule has 8 nitrogen and oxygen atoms in total. The molecule has 0 atom stereocenters. The lowest BCUT2D eigenvalue weighted by atomic mass is 9.90. The highest BCUT2D eigenvalue weighted by Crippen LogP contribution is 2.36. The lowest BCUT2D eigenvalue weighted by molar-refractivity contribution is -0.117. The average molecular weight is 479 g/mol. The van der Waals surface area contributed by atoms with Gasteiger partial charge in [0.25, 0.3) is 5.91 Å². The molecule has 1 aliphatic carbocycles. The van der Waals surface area contributed by atoms with E-state index < -0.39 is 0 Å². The van der Waals surface area contributed by atoms with Crippen LogP contribution in [0.4, 0.5) is 5.69 Å². The van der Waals surface area contributed by atoms with Crippen molar-refractivity contribution in [3.8, 4) is 11.5 Å². The van der Waals surface area contributed by atoms with Crippen LogP contribution in [0.1, 0.15) is 52.7 Å². The Morgan fingerprint density at radius 1 is 1.14 bits per heavy atom. The third-order valence-electron chi connectivity index (χ3n) is 6.86. The van der Waals surface area contributed by atoms with Crippen molar-refractivity contribution in [1.29, 1.82) is 0 Å². The third-order valence-corrected chi connectivity index (χ3v) is 6.86. The second-order valence-corrected chi connectivity index (χ2v) is 9.63. The first-order valence-corrected chi connectivity index (χ1v) is 12.0. The quantitative estimate of drug-likeness (QED) is 0.287. The molecule has 1 saturated carbocycles. The number of Topliss-reactive ketones (excluding diaryl/α,β-unsaturated/α-hetero) is 1. The van der Waals surface area contributed by atoms with Gasteiger partial charge in [0, 0.05) is 42.8 Å². The van der Waals surface area contributed by atoms with Crippen LogP contribution in [0.5, 0.6) is 11.5 Å². The van der Waals surface area contributed by atoms with Crippen LogP contribution in [0.3, 0.4) is 0 Å². The van der Waals surface area contributed by atoms with Gasteiger partial charge in [-0.2, -0.15) is 0 Å². The first-order chi connectivity index (χ1) is 16.8. The molecule has 0 spiro atoms. The standard InChI is InChI=1S/C27H34N4O4/c1-17(26(33)18-6-4-5-7-18)22-13-23(25(32)14-24(22)29-28)27(34)31-15-19-8-9-21(12-20(19)16-31)35-11-10-30(2)3/h8-9,12-14,18,29,32H,1,4-7,10-11,15-16,28H2,2-3H3. The number of phenolic OH excluding ortho intramolecular Hbond substituents is 1. The van der Waals surface area contributed by atoms with Gasteiger partial charge in [-0.15, -0.1) is 0 Å². The van der Waals surface area contributed by atoms with E-state index in [1.54, 1.807) is 4.90 Å². The number of hydrazine groups is 1. The number of allylic oxidation sites excluding steroid dienone is 1. The highest BCUT2D eigenvalue weighted by atomic mass is 16.5. The molecule has 2 aromatic rings. The number of amides is 1. The maximum atomic E-state index is 13.4. The van der Waals surface area contributed by atoms with Gasteiger partial charge in [0.1, 0.15) is 18.1 Å². The fraction of sp³-hybridized carbons (Fsp3) is 0.407. The van der Waals surface area contributed by atoms with Crippen LogP contribution in [0.15, 0.2) is 36.9 Å². The van der Waals surface area contributed by atoms with E-state index in [1.807, 2.05) is 32.3 Å². The fourth-order valence-electron chi connectivity index (χ4n) is 4.82. The normalized spacial score (nSPS) is 15.4. The largest absolute Gasteiger partial charge is 0.507 e. The number of phenols is 1. The van der Waals surface area contributed by atoms with Gasteiger partial charge in [-0.05, 0) is 56.3 Å². The van der Waals surface area contributed by atoms with Crippen LogP contribution in [-0.2, 0) is 17.9 Å². The van der Waals surface area contributed by atoms with E-state index in [4.69, 9.17) is 10.6 Å². The predicted molar refractivity (Wildman–Crippen MR) is 136 cm³/mol. The molecular formula is C27H34N4O4. The molecule has 0 bridgehead atoms. The number of ketones is 1. The Labute approximate surface area is 206 Å². The smallest absolute Gasteiger partial charge is 0.258 e. The van der Waals surface area contributed by atoms with Crippen molar-refractivity contribution in [2.24, 2.45) is 11.8 Å². The van der Waals surface area contributed by atoms with Crippen LogP contribution < -0.4 is 16.0 Å². The minimum Gasteiger partial charge on any atom is -0.507 e. The van der Waals surface area contributed by atoms with E-state index in [9.17, 15) is 14.7 Å². The maximum Gasteiger partial charge on any atom is 0.258 e. The van der Waals surface area contributed by atoms with Crippen molar-refractivity contribution in [2.45, 2.75) is 38.8 Å². The molecule has 2 aromatic carbocycles. The van der Waals surface area contributed by atoms with Gasteiger partial charge >= 0.3 is 0 Å². The van der Waals surface area contributed by atoms with Crippen molar-refractivity contribution in [1.82, 2.24) is 9.80 Å². The topological polar surface area (TPSA) is 108 Å². The molecule has 35 heavy (non-hydrogen) atoms. The number of likely N-dealkylation sites (N-methyl/N-ethyl adjacent to an activating group) is 1. The van der Waals surface area contributed by atoms with E-state index in [1.165, 1.54) is 12.1 Å². The fourth-order valence-corrected chi connectivity index (χ4v) is 4.82. The Kier molecular flexibility index (Phi) is 7.42. The summed E-state index contributed by atoms with van der Waals surface area (Å²) in [4.78, 5) is 30.1. The van der Waals surface area contributed by atoms with Crippen molar-refractivity contribution in [3.05, 3.63) is 59.2 Å². The van der Waals surface area contributed by atoms with Crippen molar-refractivity contribution >= 4 is 23.0 Å². The Bertz CT molecular complexity index is 1140. The number of anilines is 1. The van der Waals surface area contributed by atoms with Crippen LogP contribution >= 0.6 is 0 Å². The van der Waals surface area contributed by atoms with Crippen LogP contribution in [-0.4, -0.2) is 53.8 Å². The molecule has 1 aliphatic heterocycles. The number of benzene rings is 2. The van der Waals surface area contributed by atoms with Crippen LogP contribution in [0.2, 0.25) is 0 Å². The summed E-state index contributed by atoms with van der Waals surface area (Å²) in [5.74, 6) is 5.83. The molecule has 4 N–H and O–H groups in total.